The lowest BCUT2D eigenvalue weighted by molar-refractivity contribution is 0.195. The number of aromatic nitrogens is 2. The summed E-state index contributed by atoms with van der Waals surface area (Å²) >= 11 is 1.27. The fourth-order valence-electron chi connectivity index (χ4n) is 1.53. The average Bonchev–Trinajstić information content (AvgIpc) is 2.67. The second-order valence-corrected chi connectivity index (χ2v) is 4.87. The van der Waals surface area contributed by atoms with Gasteiger partial charge < -0.3 is 5.11 Å². The molecule has 2 rings (SSSR count). The van der Waals surface area contributed by atoms with Gasteiger partial charge in [0.2, 0.25) is 0 Å². The summed E-state index contributed by atoms with van der Waals surface area (Å²) in [4.78, 5) is 1.30. The first-order chi connectivity index (χ1) is 8.08. The Kier molecular flexibility index (Phi) is 3.49. The molecule has 0 saturated carbocycles. The number of halogens is 1. The Hall–Kier alpha value is -1.33. The maximum atomic E-state index is 13.7. The van der Waals surface area contributed by atoms with Crippen molar-refractivity contribution in [2.24, 2.45) is 7.05 Å². The third-order valence-electron chi connectivity index (χ3n) is 2.35. The van der Waals surface area contributed by atoms with Crippen LogP contribution >= 0.6 is 11.8 Å². The van der Waals surface area contributed by atoms with E-state index in [4.69, 9.17) is 0 Å². The number of nitrogens with zero attached hydrogens (tertiary/aromatic N) is 2. The van der Waals surface area contributed by atoms with Gasteiger partial charge in [-0.15, -0.1) is 0 Å². The van der Waals surface area contributed by atoms with Crippen LogP contribution in [0.2, 0.25) is 0 Å². The Bertz CT molecular complexity index is 525. The highest BCUT2D eigenvalue weighted by Crippen LogP contribution is 2.34. The number of aliphatic hydroxyl groups is 1. The van der Waals surface area contributed by atoms with E-state index in [-0.39, 0.29) is 5.82 Å². The van der Waals surface area contributed by atoms with Crippen molar-refractivity contribution in [1.82, 2.24) is 9.78 Å². The zero-order valence-corrected chi connectivity index (χ0v) is 10.4. The van der Waals surface area contributed by atoms with Gasteiger partial charge in [0, 0.05) is 13.2 Å². The Morgan fingerprint density at radius 1 is 1.47 bits per heavy atom. The van der Waals surface area contributed by atoms with Gasteiger partial charge >= 0.3 is 0 Å². The first-order valence-electron chi connectivity index (χ1n) is 5.21. The molecule has 0 radical (unpaired) electrons. The van der Waals surface area contributed by atoms with Crippen molar-refractivity contribution in [3.63, 3.8) is 0 Å². The number of hydrogen-bond donors (Lipinski definition) is 1. The lowest BCUT2D eigenvalue weighted by atomic mass is 10.1. The van der Waals surface area contributed by atoms with E-state index in [1.165, 1.54) is 17.8 Å². The van der Waals surface area contributed by atoms with Gasteiger partial charge in [0.15, 0.2) is 0 Å². The van der Waals surface area contributed by atoms with Gasteiger partial charge in [0.1, 0.15) is 5.82 Å². The van der Waals surface area contributed by atoms with Gasteiger partial charge in [-0.2, -0.15) is 5.10 Å². The van der Waals surface area contributed by atoms with Crippen LogP contribution in [0.1, 0.15) is 18.6 Å². The molecule has 1 aromatic heterocycles. The Labute approximate surface area is 103 Å². The van der Waals surface area contributed by atoms with Crippen LogP contribution in [0, 0.1) is 5.82 Å². The highest BCUT2D eigenvalue weighted by molar-refractivity contribution is 7.99. The summed E-state index contributed by atoms with van der Waals surface area (Å²) in [5.41, 5.74) is 0.596. The highest BCUT2D eigenvalue weighted by atomic mass is 32.2. The van der Waals surface area contributed by atoms with Crippen molar-refractivity contribution in [1.29, 1.82) is 0 Å². The number of benzene rings is 1. The van der Waals surface area contributed by atoms with Crippen LogP contribution in [0.25, 0.3) is 0 Å². The predicted octanol–water partition coefficient (Wildman–Crippen LogP) is 2.76. The molecule has 1 aromatic carbocycles. The van der Waals surface area contributed by atoms with Gasteiger partial charge in [-0.1, -0.05) is 23.9 Å². The molecular formula is C12H13FN2OS. The summed E-state index contributed by atoms with van der Waals surface area (Å²) in [6.45, 7) is 1.63. The van der Waals surface area contributed by atoms with Crippen molar-refractivity contribution in [3.05, 3.63) is 42.0 Å². The van der Waals surface area contributed by atoms with Gasteiger partial charge in [0.25, 0.3) is 0 Å². The molecule has 1 N–H and O–H groups in total. The van der Waals surface area contributed by atoms with Crippen LogP contribution in [0.4, 0.5) is 4.39 Å². The van der Waals surface area contributed by atoms with Crippen molar-refractivity contribution >= 4 is 11.8 Å². The fraction of sp³-hybridized carbons (Fsp3) is 0.250. The first-order valence-corrected chi connectivity index (χ1v) is 6.02. The topological polar surface area (TPSA) is 38.1 Å². The molecule has 0 saturated heterocycles. The molecule has 3 nitrogen and oxygen atoms in total. The predicted molar refractivity (Wildman–Crippen MR) is 64.4 cm³/mol. The summed E-state index contributed by atoms with van der Waals surface area (Å²) < 4.78 is 15.4. The van der Waals surface area contributed by atoms with E-state index in [1.54, 1.807) is 37.0 Å². The Morgan fingerprint density at radius 2 is 2.24 bits per heavy atom. The van der Waals surface area contributed by atoms with Crippen molar-refractivity contribution in [2.45, 2.75) is 22.8 Å². The molecule has 1 heterocycles. The van der Waals surface area contributed by atoms with E-state index in [2.05, 4.69) is 5.10 Å². The number of aryl methyl sites for hydroxylation is 1. The maximum absolute atomic E-state index is 13.7. The van der Waals surface area contributed by atoms with E-state index >= 15 is 0 Å². The zero-order chi connectivity index (χ0) is 12.4. The molecule has 2 aromatic rings. The lowest BCUT2D eigenvalue weighted by Gasteiger charge is -2.11. The average molecular weight is 252 g/mol. The molecule has 0 fully saturated rings. The van der Waals surface area contributed by atoms with Gasteiger partial charge in [-0.3, -0.25) is 4.68 Å². The molecular weight excluding hydrogens is 239 g/mol. The lowest BCUT2D eigenvalue weighted by Crippen LogP contribution is -1.96. The molecule has 0 aliphatic carbocycles. The van der Waals surface area contributed by atoms with Gasteiger partial charge in [0.05, 0.1) is 22.1 Å². The van der Waals surface area contributed by atoms with E-state index in [9.17, 15) is 9.50 Å². The minimum Gasteiger partial charge on any atom is -0.389 e. The van der Waals surface area contributed by atoms with Crippen molar-refractivity contribution in [3.8, 4) is 0 Å². The van der Waals surface area contributed by atoms with Crippen LogP contribution in [0.3, 0.4) is 0 Å². The Balaban J connectivity index is 2.37. The molecule has 0 aliphatic rings. The monoisotopic (exact) mass is 252 g/mol. The van der Waals surface area contributed by atoms with E-state index in [0.717, 1.165) is 4.90 Å². The third-order valence-corrected chi connectivity index (χ3v) is 3.43. The van der Waals surface area contributed by atoms with Crippen LogP contribution in [-0.2, 0) is 7.05 Å². The SMILES string of the molecule is CC(O)c1cccc(F)c1Sc1cnn(C)c1. The fourth-order valence-corrected chi connectivity index (χ4v) is 2.59. The standard InChI is InChI=1S/C12H13FN2OS/c1-8(16)10-4-3-5-11(13)12(10)17-9-6-14-15(2)7-9/h3-8,16H,1-2H3. The molecule has 1 atom stereocenters. The smallest absolute Gasteiger partial charge is 0.137 e. The molecule has 17 heavy (non-hydrogen) atoms. The number of hydrogen-bond acceptors (Lipinski definition) is 3. The van der Waals surface area contributed by atoms with Crippen LogP contribution in [0.5, 0.6) is 0 Å². The second kappa shape index (κ2) is 4.89. The quantitative estimate of drug-likeness (QED) is 0.912. The summed E-state index contributed by atoms with van der Waals surface area (Å²) in [7, 11) is 1.81. The van der Waals surface area contributed by atoms with E-state index < -0.39 is 6.10 Å². The Morgan fingerprint density at radius 3 is 2.82 bits per heavy atom. The molecule has 90 valence electrons. The second-order valence-electron chi connectivity index (χ2n) is 3.79. The maximum Gasteiger partial charge on any atom is 0.137 e. The van der Waals surface area contributed by atoms with Crippen molar-refractivity contribution in [2.75, 3.05) is 0 Å². The minimum absolute atomic E-state index is 0.322. The third kappa shape index (κ3) is 2.68. The summed E-state index contributed by atoms with van der Waals surface area (Å²) in [5, 5.41) is 13.6. The summed E-state index contributed by atoms with van der Waals surface area (Å²) in [6.07, 6.45) is 2.79. The molecule has 0 amide bonds. The van der Waals surface area contributed by atoms with Gasteiger partial charge in [-0.25, -0.2) is 4.39 Å². The van der Waals surface area contributed by atoms with E-state index in [1.807, 2.05) is 6.20 Å². The summed E-state index contributed by atoms with van der Waals surface area (Å²) in [6, 6.07) is 4.72. The largest absolute Gasteiger partial charge is 0.389 e. The normalized spacial score (nSPS) is 12.7. The van der Waals surface area contributed by atoms with E-state index in [0.29, 0.717) is 10.5 Å². The zero-order valence-electron chi connectivity index (χ0n) is 9.59. The number of aliphatic hydroxyl groups excluding tert-OH is 1. The van der Waals surface area contributed by atoms with Crippen LogP contribution < -0.4 is 0 Å². The molecule has 5 heteroatoms. The molecule has 0 spiro atoms. The van der Waals surface area contributed by atoms with Crippen molar-refractivity contribution < 1.29 is 9.50 Å². The summed E-state index contributed by atoms with van der Waals surface area (Å²) in [5.74, 6) is -0.322. The molecule has 0 aliphatic heterocycles. The minimum atomic E-state index is -0.690. The van der Waals surface area contributed by atoms with Crippen LogP contribution in [0.15, 0.2) is 40.4 Å². The first kappa shape index (κ1) is 12.1. The molecule has 1 unspecified atom stereocenters. The number of rotatable bonds is 3. The molecule has 0 bridgehead atoms. The van der Waals surface area contributed by atoms with Gasteiger partial charge in [-0.05, 0) is 18.6 Å². The van der Waals surface area contributed by atoms with Crippen LogP contribution in [-0.4, -0.2) is 14.9 Å². The highest BCUT2D eigenvalue weighted by Gasteiger charge is 2.14.